The number of terminal acetylenes is 2. The number of halogens is 2. The molecule has 0 saturated heterocycles. The summed E-state index contributed by atoms with van der Waals surface area (Å²) in [6, 6.07) is 74.3. The number of alkyl halides is 2. The van der Waals surface area contributed by atoms with Crippen LogP contribution in [0, 0.1) is 48.4 Å². The van der Waals surface area contributed by atoms with E-state index in [0.717, 1.165) is 125 Å². The predicted molar refractivity (Wildman–Crippen MR) is 365 cm³/mol. The van der Waals surface area contributed by atoms with Crippen molar-refractivity contribution in [2.75, 3.05) is 23.9 Å². The van der Waals surface area contributed by atoms with E-state index >= 15 is 0 Å². The van der Waals surface area contributed by atoms with Gasteiger partial charge in [0.05, 0.1) is 13.2 Å². The molecule has 86 heavy (non-hydrogen) atoms. The number of Topliss-reactive ketones (excluding diaryl/α,β-unsaturated/α-hetero) is 1. The molecular formula is C79H74Br2O5. The van der Waals surface area contributed by atoms with Crippen molar-refractivity contribution < 1.29 is 25.2 Å². The Morgan fingerprint density at radius 1 is 0.395 bits per heavy atom. The van der Waals surface area contributed by atoms with Gasteiger partial charge in [-0.25, -0.2) is 4.79 Å². The molecule has 5 nitrogen and oxygen atoms in total. The topological polar surface area (TPSA) is 69.7 Å². The number of unbranched alkanes of at least 4 members (excludes halogenated alkanes) is 6. The summed E-state index contributed by atoms with van der Waals surface area (Å²) in [7, 11) is 0. The SMILES string of the molecule is BrCCCCCCBr.C#Cc1ccc(C(=C(c2ccccc2)c2ccc(C#C)cc2)c2ccccc2)cc1.CC#Cc1ccc(C(=C(c2ccccc2)c2ccc(C#CC(=O)OCCCCCCOC(C)=O)cc2)c2ccccc2)cc1.[2H]CC(C)=O. The van der Waals surface area contributed by atoms with Crippen LogP contribution < -0.4 is 0 Å². The highest BCUT2D eigenvalue weighted by atomic mass is 79.9. The molecule has 8 aromatic carbocycles. The molecule has 0 heterocycles. The quantitative estimate of drug-likeness (QED) is 0.0250. The molecule has 0 saturated carbocycles. The fraction of sp³-hybridized carbons (Fsp3) is 0.203. The van der Waals surface area contributed by atoms with E-state index < -0.39 is 5.97 Å². The van der Waals surface area contributed by atoms with E-state index in [1.54, 1.807) is 0 Å². The summed E-state index contributed by atoms with van der Waals surface area (Å²) in [5.74, 6) is 16.2. The van der Waals surface area contributed by atoms with Gasteiger partial charge in [0.15, 0.2) is 0 Å². The summed E-state index contributed by atoms with van der Waals surface area (Å²) in [5.41, 5.74) is 16.8. The lowest BCUT2D eigenvalue weighted by Crippen LogP contribution is -2.03. The van der Waals surface area contributed by atoms with Crippen LogP contribution >= 0.6 is 31.9 Å². The third kappa shape index (κ3) is 24.0. The van der Waals surface area contributed by atoms with Crippen molar-refractivity contribution in [1.29, 1.82) is 0 Å². The number of carbonyl (C=O) groups excluding carboxylic acids is 3. The molecule has 0 aliphatic rings. The highest BCUT2D eigenvalue weighted by Crippen LogP contribution is 2.39. The van der Waals surface area contributed by atoms with Crippen LogP contribution in [-0.4, -0.2) is 41.6 Å². The molecule has 0 aliphatic heterocycles. The van der Waals surface area contributed by atoms with Crippen molar-refractivity contribution in [3.63, 3.8) is 0 Å². The van der Waals surface area contributed by atoms with Crippen LogP contribution in [0.3, 0.4) is 0 Å². The van der Waals surface area contributed by atoms with E-state index in [9.17, 15) is 14.4 Å². The molecule has 0 bridgehead atoms. The zero-order chi connectivity index (χ0) is 62.3. The molecule has 0 unspecified atom stereocenters. The maximum atomic E-state index is 12.2. The molecule has 434 valence electrons. The third-order valence-electron chi connectivity index (χ3n) is 13.0. The van der Waals surface area contributed by atoms with Crippen LogP contribution in [0.25, 0.3) is 22.3 Å². The maximum absolute atomic E-state index is 12.2. The molecule has 0 amide bonds. The van der Waals surface area contributed by atoms with Gasteiger partial charge in [0.25, 0.3) is 0 Å². The predicted octanol–water partition coefficient (Wildman–Crippen LogP) is 18.7. The van der Waals surface area contributed by atoms with Crippen molar-refractivity contribution >= 4 is 71.9 Å². The number of hydrogen-bond acceptors (Lipinski definition) is 5. The molecular weight excluding hydrogens is 1190 g/mol. The highest BCUT2D eigenvalue weighted by molar-refractivity contribution is 9.09. The van der Waals surface area contributed by atoms with E-state index in [1.807, 2.05) is 91.9 Å². The van der Waals surface area contributed by atoms with Crippen molar-refractivity contribution in [2.45, 2.75) is 79.0 Å². The summed E-state index contributed by atoms with van der Waals surface area (Å²) < 4.78 is 16.5. The minimum absolute atomic E-state index is 0.0787. The van der Waals surface area contributed by atoms with Gasteiger partial charge in [-0.05, 0) is 175 Å². The number of benzene rings is 8. The summed E-state index contributed by atoms with van der Waals surface area (Å²) in [4.78, 5) is 32.6. The Labute approximate surface area is 530 Å². The standard InChI is InChI=1S/C40H36O4.C30H20.C6H12Br2.C3H6O/c1-3-14-32-19-24-36(25-20-32)39(34-15-8-6-9-16-34)40(35-17-10-7-11-18-35)37-26-21-33(22-27-37)23-28-38(42)44-30-13-5-4-12-29-43-31(2)41;1-3-23-15-19-27(20-16-23)29(25-11-7-5-8-12-25)30(26-13-9-6-10-14-26)28-21-17-24(4-2)18-22-28;7-5-3-1-2-4-6-8;1-3(2)4/h6-11,15-22,24-27H,4-5,12-13,29-30H2,1-2H3;1-2,5-22H;1-6H2;1-2H3/i;;;1D. The second-order valence-electron chi connectivity index (χ2n) is 19.6. The van der Waals surface area contributed by atoms with E-state index in [-0.39, 0.29) is 18.7 Å². The molecule has 0 atom stereocenters. The third-order valence-corrected chi connectivity index (χ3v) is 14.1. The summed E-state index contributed by atoms with van der Waals surface area (Å²) in [6.45, 7) is 5.30. The Bertz CT molecular complexity index is 3540. The molecule has 0 aliphatic carbocycles. The van der Waals surface area contributed by atoms with Crippen LogP contribution in [0.2, 0.25) is 0 Å². The number of esters is 2. The normalized spacial score (nSPS) is 10.8. The zero-order valence-electron chi connectivity index (χ0n) is 50.4. The summed E-state index contributed by atoms with van der Waals surface area (Å²) in [6.07, 6.45) is 19.9. The fourth-order valence-corrected chi connectivity index (χ4v) is 9.72. The zero-order valence-corrected chi connectivity index (χ0v) is 52.6. The fourth-order valence-electron chi connectivity index (χ4n) is 8.93. The molecule has 0 spiro atoms. The van der Waals surface area contributed by atoms with Crippen molar-refractivity contribution in [3.05, 3.63) is 285 Å². The van der Waals surface area contributed by atoms with E-state index in [4.69, 9.17) is 23.7 Å². The largest absolute Gasteiger partial charge is 0.466 e. The first kappa shape index (κ1) is 66.2. The molecule has 8 aromatic rings. The van der Waals surface area contributed by atoms with Gasteiger partial charge < -0.3 is 14.3 Å². The van der Waals surface area contributed by atoms with Crippen molar-refractivity contribution in [1.82, 2.24) is 0 Å². The van der Waals surface area contributed by atoms with Crippen molar-refractivity contribution in [2.24, 2.45) is 0 Å². The Balaban J connectivity index is 0.000000274. The Morgan fingerprint density at radius 3 is 0.953 bits per heavy atom. The lowest BCUT2D eigenvalue weighted by Gasteiger charge is -2.18. The second kappa shape index (κ2) is 39.6. The van der Waals surface area contributed by atoms with Gasteiger partial charge in [-0.1, -0.05) is 238 Å². The van der Waals surface area contributed by atoms with E-state index in [2.05, 4.69) is 201 Å². The first-order chi connectivity index (χ1) is 42.5. The van der Waals surface area contributed by atoms with Crippen LogP contribution in [-0.2, 0) is 23.9 Å². The number of ether oxygens (including phenoxy) is 2. The molecule has 0 aromatic heterocycles. The first-order valence-electron chi connectivity index (χ1n) is 29.4. The summed E-state index contributed by atoms with van der Waals surface area (Å²) in [5, 5.41) is 2.32. The van der Waals surface area contributed by atoms with Crippen LogP contribution in [0.15, 0.2) is 218 Å². The van der Waals surface area contributed by atoms with Gasteiger partial charge in [-0.3, -0.25) is 4.79 Å². The number of carbonyl (C=O) groups is 3. The summed E-state index contributed by atoms with van der Waals surface area (Å²) >= 11 is 6.78. The molecule has 8 rings (SSSR count). The lowest BCUT2D eigenvalue weighted by molar-refractivity contribution is -0.141. The van der Waals surface area contributed by atoms with Gasteiger partial charge in [0, 0.05) is 47.1 Å². The molecule has 0 radical (unpaired) electrons. The van der Waals surface area contributed by atoms with Gasteiger partial charge >= 0.3 is 11.9 Å². The lowest BCUT2D eigenvalue weighted by atomic mass is 9.85. The minimum Gasteiger partial charge on any atom is -0.466 e. The average Bonchev–Trinajstić information content (AvgIpc) is 2.09. The van der Waals surface area contributed by atoms with Crippen LogP contribution in [0.1, 0.15) is 147 Å². The smallest absolute Gasteiger partial charge is 0.384 e. The van der Waals surface area contributed by atoms with Crippen molar-refractivity contribution in [3.8, 4) is 48.4 Å². The second-order valence-corrected chi connectivity index (χ2v) is 21.2. The molecule has 7 heteroatoms. The first-order valence-corrected chi connectivity index (χ1v) is 31.0. The highest BCUT2D eigenvalue weighted by Gasteiger charge is 2.18. The van der Waals surface area contributed by atoms with Crippen LogP contribution in [0.4, 0.5) is 0 Å². The Kier molecular flexibility index (Phi) is 30.5. The Morgan fingerprint density at radius 2 is 0.674 bits per heavy atom. The average molecular weight is 1260 g/mol. The minimum atomic E-state index is -0.540. The van der Waals surface area contributed by atoms with Crippen LogP contribution in [0.5, 0.6) is 0 Å². The number of ketones is 1. The molecule has 0 fully saturated rings. The number of rotatable bonds is 20. The molecule has 0 N–H and O–H groups in total. The van der Waals surface area contributed by atoms with E-state index in [1.165, 1.54) is 39.5 Å². The maximum Gasteiger partial charge on any atom is 0.384 e. The van der Waals surface area contributed by atoms with E-state index in [0.29, 0.717) is 13.2 Å². The van der Waals surface area contributed by atoms with Gasteiger partial charge in [0.2, 0.25) is 0 Å². The van der Waals surface area contributed by atoms with Gasteiger partial charge in [0.1, 0.15) is 5.78 Å². The Hall–Kier alpha value is -8.95. The van der Waals surface area contributed by atoms with Gasteiger partial charge in [-0.2, -0.15) is 0 Å². The van der Waals surface area contributed by atoms with Gasteiger partial charge in [-0.15, -0.1) is 18.8 Å². The number of hydrogen-bond donors (Lipinski definition) is 0. The monoisotopic (exact) mass is 1260 g/mol.